The Bertz CT molecular complexity index is 368. The normalized spacial score (nSPS) is 9.64. The molecule has 76 valence electrons. The smallest absolute Gasteiger partial charge is 0.296 e. The summed E-state index contributed by atoms with van der Waals surface area (Å²) in [4.78, 5) is 10.2. The average Bonchev–Trinajstić information content (AvgIpc) is 2.16. The summed E-state index contributed by atoms with van der Waals surface area (Å²) in [7, 11) is 3.09. The Kier molecular flexibility index (Phi) is 3.29. The largest absolute Gasteiger partial charge is 0.495 e. The molecule has 0 heterocycles. The molecule has 0 aliphatic carbocycles. The summed E-state index contributed by atoms with van der Waals surface area (Å²) >= 11 is 3.24. The first kappa shape index (κ1) is 10.8. The third-order valence-corrected chi connectivity index (χ3v) is 2.36. The van der Waals surface area contributed by atoms with Gasteiger partial charge in [-0.2, -0.15) is 0 Å². The fourth-order valence-electron chi connectivity index (χ4n) is 1.05. The lowest BCUT2D eigenvalue weighted by atomic mass is 10.2. The van der Waals surface area contributed by atoms with Gasteiger partial charge in [0, 0.05) is 7.05 Å². The molecule has 0 aliphatic heterocycles. The average molecular weight is 261 g/mol. The first-order chi connectivity index (χ1) is 6.60. The fourth-order valence-corrected chi connectivity index (χ4v) is 1.56. The first-order valence-electron chi connectivity index (χ1n) is 3.79. The Morgan fingerprint density at radius 1 is 1.57 bits per heavy atom. The van der Waals surface area contributed by atoms with Crippen molar-refractivity contribution in [3.63, 3.8) is 0 Å². The van der Waals surface area contributed by atoms with Gasteiger partial charge in [-0.25, -0.2) is 0 Å². The van der Waals surface area contributed by atoms with Crippen LogP contribution in [-0.4, -0.2) is 19.1 Å². The number of nitrogens with one attached hydrogen (secondary N) is 1. The molecule has 0 fully saturated rings. The third kappa shape index (κ3) is 1.95. The number of halogens is 1. The van der Waals surface area contributed by atoms with Gasteiger partial charge in [-0.15, -0.1) is 0 Å². The summed E-state index contributed by atoms with van der Waals surface area (Å²) in [5.74, 6) is 0.440. The van der Waals surface area contributed by atoms with Crippen LogP contribution in [0.25, 0.3) is 0 Å². The van der Waals surface area contributed by atoms with Crippen LogP contribution in [0.4, 0.5) is 11.4 Å². The van der Waals surface area contributed by atoms with Gasteiger partial charge in [-0.05, 0) is 22.0 Å². The number of nitro groups is 1. The van der Waals surface area contributed by atoms with Crippen molar-refractivity contribution in [2.75, 3.05) is 19.5 Å². The van der Waals surface area contributed by atoms with E-state index in [2.05, 4.69) is 21.2 Å². The number of benzene rings is 1. The fraction of sp³-hybridized carbons (Fsp3) is 0.250. The van der Waals surface area contributed by atoms with E-state index in [1.54, 1.807) is 13.1 Å². The highest BCUT2D eigenvalue weighted by Crippen LogP contribution is 2.35. The predicted octanol–water partition coefficient (Wildman–Crippen LogP) is 2.41. The van der Waals surface area contributed by atoms with Crippen LogP contribution < -0.4 is 10.1 Å². The van der Waals surface area contributed by atoms with Crippen molar-refractivity contribution in [3.8, 4) is 5.75 Å². The second-order valence-electron chi connectivity index (χ2n) is 2.51. The number of nitro benzene ring substituents is 1. The maximum atomic E-state index is 10.7. The molecule has 0 radical (unpaired) electrons. The summed E-state index contributed by atoms with van der Waals surface area (Å²) in [5, 5.41) is 13.4. The van der Waals surface area contributed by atoms with Crippen LogP contribution >= 0.6 is 15.9 Å². The van der Waals surface area contributed by atoms with Crippen LogP contribution in [0.15, 0.2) is 16.6 Å². The van der Waals surface area contributed by atoms with Crippen LogP contribution in [0.1, 0.15) is 0 Å². The van der Waals surface area contributed by atoms with Gasteiger partial charge in [0.1, 0.15) is 11.4 Å². The molecule has 5 nitrogen and oxygen atoms in total. The summed E-state index contributed by atoms with van der Waals surface area (Å²) < 4.78 is 5.63. The molecular weight excluding hydrogens is 252 g/mol. The van der Waals surface area contributed by atoms with Gasteiger partial charge in [0.15, 0.2) is 0 Å². The number of nitrogens with zero attached hydrogens (tertiary/aromatic N) is 1. The zero-order valence-electron chi connectivity index (χ0n) is 7.70. The minimum atomic E-state index is -0.458. The number of rotatable bonds is 3. The lowest BCUT2D eigenvalue weighted by Gasteiger charge is -2.06. The van der Waals surface area contributed by atoms with Crippen LogP contribution in [0.3, 0.4) is 0 Å². The maximum absolute atomic E-state index is 10.7. The van der Waals surface area contributed by atoms with Gasteiger partial charge in [0.05, 0.1) is 22.6 Å². The third-order valence-electron chi connectivity index (χ3n) is 1.74. The van der Waals surface area contributed by atoms with E-state index in [4.69, 9.17) is 4.74 Å². The lowest BCUT2D eigenvalue weighted by molar-refractivity contribution is -0.384. The molecule has 14 heavy (non-hydrogen) atoms. The molecule has 1 aromatic rings. The number of hydrogen-bond donors (Lipinski definition) is 1. The molecule has 0 atom stereocenters. The highest BCUT2D eigenvalue weighted by Gasteiger charge is 2.16. The maximum Gasteiger partial charge on any atom is 0.296 e. The zero-order chi connectivity index (χ0) is 10.7. The minimum Gasteiger partial charge on any atom is -0.495 e. The van der Waals surface area contributed by atoms with Gasteiger partial charge in [0.2, 0.25) is 0 Å². The van der Waals surface area contributed by atoms with Gasteiger partial charge in [-0.3, -0.25) is 10.1 Å². The Hall–Kier alpha value is -1.30. The monoisotopic (exact) mass is 260 g/mol. The van der Waals surface area contributed by atoms with Crippen molar-refractivity contribution in [3.05, 3.63) is 26.7 Å². The van der Waals surface area contributed by atoms with Crippen molar-refractivity contribution in [1.29, 1.82) is 0 Å². The van der Waals surface area contributed by atoms with E-state index < -0.39 is 4.92 Å². The SMILES string of the molecule is CNc1cc(Br)c(OC)cc1[N+](=O)[O-]. The van der Waals surface area contributed by atoms with Crippen molar-refractivity contribution in [2.45, 2.75) is 0 Å². The van der Waals surface area contributed by atoms with Crippen LogP contribution in [0.5, 0.6) is 5.75 Å². The summed E-state index contributed by atoms with van der Waals surface area (Å²) in [5.41, 5.74) is 0.440. The summed E-state index contributed by atoms with van der Waals surface area (Å²) in [6, 6.07) is 2.98. The van der Waals surface area contributed by atoms with Gasteiger partial charge < -0.3 is 10.1 Å². The molecule has 0 amide bonds. The highest BCUT2D eigenvalue weighted by atomic mass is 79.9. The molecule has 0 unspecified atom stereocenters. The van der Waals surface area contributed by atoms with Gasteiger partial charge in [0.25, 0.3) is 5.69 Å². The van der Waals surface area contributed by atoms with E-state index in [1.807, 2.05) is 0 Å². The Morgan fingerprint density at radius 2 is 2.21 bits per heavy atom. The number of ether oxygens (including phenoxy) is 1. The van der Waals surface area contributed by atoms with E-state index in [9.17, 15) is 10.1 Å². The Morgan fingerprint density at radius 3 is 2.64 bits per heavy atom. The molecule has 6 heteroatoms. The molecular formula is C8H9BrN2O3. The molecule has 0 aliphatic rings. The molecule has 0 bridgehead atoms. The quantitative estimate of drug-likeness (QED) is 0.670. The second-order valence-corrected chi connectivity index (χ2v) is 3.37. The van der Waals surface area contributed by atoms with E-state index in [1.165, 1.54) is 13.2 Å². The molecule has 0 saturated carbocycles. The van der Waals surface area contributed by atoms with Crippen molar-refractivity contribution >= 4 is 27.3 Å². The minimum absolute atomic E-state index is 0.00690. The number of anilines is 1. The lowest BCUT2D eigenvalue weighted by Crippen LogP contribution is -1.97. The molecule has 1 aromatic carbocycles. The summed E-state index contributed by atoms with van der Waals surface area (Å²) in [6.07, 6.45) is 0. The molecule has 1 N–H and O–H groups in total. The molecule has 0 saturated heterocycles. The van der Waals surface area contributed by atoms with Crippen LogP contribution in [-0.2, 0) is 0 Å². The second kappa shape index (κ2) is 4.28. The molecule has 0 aromatic heterocycles. The van der Waals surface area contributed by atoms with Gasteiger partial charge >= 0.3 is 0 Å². The van der Waals surface area contributed by atoms with Crippen molar-refractivity contribution in [1.82, 2.24) is 0 Å². The van der Waals surface area contributed by atoms with Crippen LogP contribution in [0, 0.1) is 10.1 Å². The predicted molar refractivity (Wildman–Crippen MR) is 56.9 cm³/mol. The van der Waals surface area contributed by atoms with Crippen LogP contribution in [0.2, 0.25) is 0 Å². The Labute approximate surface area is 89.3 Å². The van der Waals surface area contributed by atoms with Gasteiger partial charge in [-0.1, -0.05) is 0 Å². The Balaban J connectivity index is 3.32. The van der Waals surface area contributed by atoms with Crippen molar-refractivity contribution < 1.29 is 9.66 Å². The van der Waals surface area contributed by atoms with E-state index in [-0.39, 0.29) is 5.69 Å². The van der Waals surface area contributed by atoms with E-state index in [0.29, 0.717) is 15.9 Å². The summed E-state index contributed by atoms with van der Waals surface area (Å²) in [6.45, 7) is 0. The van der Waals surface area contributed by atoms with E-state index in [0.717, 1.165) is 0 Å². The standard InChI is InChI=1S/C8H9BrN2O3/c1-10-6-3-5(9)8(14-2)4-7(6)11(12)13/h3-4,10H,1-2H3. The number of hydrogen-bond acceptors (Lipinski definition) is 4. The first-order valence-corrected chi connectivity index (χ1v) is 4.59. The number of methoxy groups -OCH3 is 1. The van der Waals surface area contributed by atoms with E-state index >= 15 is 0 Å². The molecule has 0 spiro atoms. The zero-order valence-corrected chi connectivity index (χ0v) is 9.29. The highest BCUT2D eigenvalue weighted by molar-refractivity contribution is 9.10. The van der Waals surface area contributed by atoms with Crippen molar-refractivity contribution in [2.24, 2.45) is 0 Å². The topological polar surface area (TPSA) is 64.4 Å². The molecule has 1 rings (SSSR count).